The summed E-state index contributed by atoms with van der Waals surface area (Å²) in [6, 6.07) is 5.66. The Bertz CT molecular complexity index is 774. The molecule has 0 aliphatic heterocycles. The van der Waals surface area contributed by atoms with E-state index < -0.39 is 5.56 Å². The van der Waals surface area contributed by atoms with Crippen LogP contribution in [0.3, 0.4) is 0 Å². The van der Waals surface area contributed by atoms with E-state index in [-0.39, 0.29) is 5.02 Å². The number of hydrogen-bond donors (Lipinski definition) is 2. The molecule has 0 fully saturated rings. The number of halogens is 1. The number of benzene rings is 1. The molecule has 0 radical (unpaired) electrons. The predicted molar refractivity (Wildman–Crippen MR) is 89.8 cm³/mol. The van der Waals surface area contributed by atoms with Gasteiger partial charge in [0.05, 0.1) is 20.4 Å². The van der Waals surface area contributed by atoms with Crippen molar-refractivity contribution in [2.75, 3.05) is 19.6 Å². The van der Waals surface area contributed by atoms with Gasteiger partial charge in [0, 0.05) is 12.1 Å². The van der Waals surface area contributed by atoms with Crippen LogP contribution in [0.4, 0.5) is 5.69 Å². The number of H-pyrrole nitrogens is 1. The number of aromatic amines is 1. The van der Waals surface area contributed by atoms with Crippen molar-refractivity contribution in [3.05, 3.63) is 45.3 Å². The fraction of sp³-hybridized carbons (Fsp3) is 0.267. The van der Waals surface area contributed by atoms with E-state index in [1.165, 1.54) is 6.20 Å². The Labute approximate surface area is 138 Å². The average Bonchev–Trinajstić information content (AvgIpc) is 2.56. The number of methoxy groups -OCH3 is 2. The molecule has 23 heavy (non-hydrogen) atoms. The molecule has 1 heterocycles. The smallest absolute Gasteiger partial charge is 0.285 e. The largest absolute Gasteiger partial charge is 0.493 e. The van der Waals surface area contributed by atoms with Crippen LogP contribution in [0, 0.1) is 0 Å². The summed E-state index contributed by atoms with van der Waals surface area (Å²) >= 11 is 5.86. The molecule has 0 atom stereocenters. The van der Waals surface area contributed by atoms with Crippen LogP contribution in [-0.2, 0) is 6.42 Å². The Morgan fingerprint density at radius 3 is 2.78 bits per heavy atom. The maximum Gasteiger partial charge on any atom is 0.285 e. The lowest BCUT2D eigenvalue weighted by atomic mass is 10.1. The number of ether oxygens (including phenoxy) is 2. The van der Waals surface area contributed by atoms with Crippen molar-refractivity contribution in [1.82, 2.24) is 10.2 Å². The Balaban J connectivity index is 2.10. The van der Waals surface area contributed by atoms with Gasteiger partial charge in [-0.1, -0.05) is 17.7 Å². The number of hydrazone groups is 1. The topological polar surface area (TPSA) is 88.6 Å². The van der Waals surface area contributed by atoms with Crippen LogP contribution in [0.1, 0.15) is 12.5 Å². The fourth-order valence-electron chi connectivity index (χ4n) is 1.94. The Morgan fingerprint density at radius 2 is 2.09 bits per heavy atom. The lowest BCUT2D eigenvalue weighted by Crippen LogP contribution is -2.11. The van der Waals surface area contributed by atoms with E-state index in [9.17, 15) is 4.79 Å². The van der Waals surface area contributed by atoms with Crippen LogP contribution in [0.25, 0.3) is 0 Å². The summed E-state index contributed by atoms with van der Waals surface area (Å²) < 4.78 is 10.5. The predicted octanol–water partition coefficient (Wildman–Crippen LogP) is 2.47. The maximum atomic E-state index is 11.3. The van der Waals surface area contributed by atoms with Crippen LogP contribution in [0.15, 0.2) is 34.3 Å². The molecule has 0 spiro atoms. The zero-order chi connectivity index (χ0) is 16.8. The SMILES string of the molecule is COc1ccc(C/C(C)=N\Nc2cn[nH]c(=O)c2Cl)cc1OC. The van der Waals surface area contributed by atoms with Crippen LogP contribution in [0.5, 0.6) is 11.5 Å². The number of aromatic nitrogens is 2. The zero-order valence-corrected chi connectivity index (χ0v) is 13.8. The Morgan fingerprint density at radius 1 is 1.35 bits per heavy atom. The summed E-state index contributed by atoms with van der Waals surface area (Å²) in [5.41, 5.74) is 4.44. The van der Waals surface area contributed by atoms with Gasteiger partial charge in [0.1, 0.15) is 10.7 Å². The first-order chi connectivity index (χ1) is 11.0. The molecule has 1 aromatic carbocycles. The third-order valence-electron chi connectivity index (χ3n) is 3.07. The normalized spacial score (nSPS) is 11.2. The molecule has 0 amide bonds. The van der Waals surface area contributed by atoms with E-state index >= 15 is 0 Å². The second-order valence-electron chi connectivity index (χ2n) is 4.75. The maximum absolute atomic E-state index is 11.3. The van der Waals surface area contributed by atoms with Crippen LogP contribution in [0.2, 0.25) is 5.02 Å². The van der Waals surface area contributed by atoms with Gasteiger partial charge in [0.15, 0.2) is 11.5 Å². The molecule has 122 valence electrons. The van der Waals surface area contributed by atoms with Gasteiger partial charge in [-0.25, -0.2) is 5.10 Å². The lowest BCUT2D eigenvalue weighted by Gasteiger charge is -2.09. The number of rotatable bonds is 6. The van der Waals surface area contributed by atoms with Crippen molar-refractivity contribution in [3.63, 3.8) is 0 Å². The highest BCUT2D eigenvalue weighted by molar-refractivity contribution is 6.32. The van der Waals surface area contributed by atoms with Crippen molar-refractivity contribution in [3.8, 4) is 11.5 Å². The summed E-state index contributed by atoms with van der Waals surface area (Å²) in [4.78, 5) is 11.3. The molecule has 7 nitrogen and oxygen atoms in total. The van der Waals surface area contributed by atoms with Crippen molar-refractivity contribution >= 4 is 23.0 Å². The zero-order valence-electron chi connectivity index (χ0n) is 13.0. The van der Waals surface area contributed by atoms with Gasteiger partial charge in [-0.15, -0.1) is 0 Å². The van der Waals surface area contributed by atoms with Crippen LogP contribution < -0.4 is 20.5 Å². The standard InChI is InChI=1S/C15H17ClN4O3/c1-9(18-19-11-8-17-20-15(21)14(11)16)6-10-4-5-12(22-2)13(7-10)23-3/h4-5,7-8H,6H2,1-3H3,(H2,19,20,21)/b18-9-. The summed E-state index contributed by atoms with van der Waals surface area (Å²) in [6.45, 7) is 1.86. The highest BCUT2D eigenvalue weighted by atomic mass is 35.5. The molecule has 0 saturated heterocycles. The van der Waals surface area contributed by atoms with E-state index in [0.717, 1.165) is 11.3 Å². The molecule has 2 N–H and O–H groups in total. The summed E-state index contributed by atoms with van der Waals surface area (Å²) in [6.07, 6.45) is 2.00. The number of hydrogen-bond acceptors (Lipinski definition) is 6. The molecular formula is C15H17ClN4O3. The Hall–Kier alpha value is -2.54. The summed E-state index contributed by atoms with van der Waals surface area (Å²) in [7, 11) is 3.18. The van der Waals surface area contributed by atoms with Gasteiger partial charge in [-0.3, -0.25) is 10.2 Å². The second-order valence-corrected chi connectivity index (χ2v) is 5.13. The minimum Gasteiger partial charge on any atom is -0.493 e. The third kappa shape index (κ3) is 4.23. The quantitative estimate of drug-likeness (QED) is 0.625. The fourth-order valence-corrected chi connectivity index (χ4v) is 2.08. The number of anilines is 1. The molecular weight excluding hydrogens is 320 g/mol. The summed E-state index contributed by atoms with van der Waals surface area (Å²) in [5.74, 6) is 1.33. The van der Waals surface area contributed by atoms with Crippen molar-refractivity contribution in [2.24, 2.45) is 5.10 Å². The van der Waals surface area contributed by atoms with Gasteiger partial charge in [-0.05, 0) is 24.6 Å². The number of nitrogens with zero attached hydrogens (tertiary/aromatic N) is 2. The van der Waals surface area contributed by atoms with E-state index in [0.29, 0.717) is 23.6 Å². The Kier molecular flexibility index (Phi) is 5.59. The highest BCUT2D eigenvalue weighted by Gasteiger charge is 2.06. The first-order valence-electron chi connectivity index (χ1n) is 6.78. The van der Waals surface area contributed by atoms with Crippen molar-refractivity contribution in [2.45, 2.75) is 13.3 Å². The van der Waals surface area contributed by atoms with Crippen molar-refractivity contribution in [1.29, 1.82) is 0 Å². The lowest BCUT2D eigenvalue weighted by molar-refractivity contribution is 0.354. The van der Waals surface area contributed by atoms with Crippen LogP contribution >= 0.6 is 11.6 Å². The van der Waals surface area contributed by atoms with Gasteiger partial charge < -0.3 is 9.47 Å². The van der Waals surface area contributed by atoms with Crippen LogP contribution in [-0.4, -0.2) is 30.1 Å². The molecule has 0 saturated carbocycles. The van der Waals surface area contributed by atoms with Gasteiger partial charge in [-0.2, -0.15) is 10.2 Å². The first kappa shape index (κ1) is 16.8. The van der Waals surface area contributed by atoms with E-state index in [1.54, 1.807) is 14.2 Å². The molecule has 0 unspecified atom stereocenters. The number of nitrogens with one attached hydrogen (secondary N) is 2. The van der Waals surface area contributed by atoms with E-state index in [1.807, 2.05) is 25.1 Å². The molecule has 8 heteroatoms. The summed E-state index contributed by atoms with van der Waals surface area (Å²) in [5, 5.41) is 10.1. The van der Waals surface area contributed by atoms with Gasteiger partial charge in [0.2, 0.25) is 0 Å². The highest BCUT2D eigenvalue weighted by Crippen LogP contribution is 2.27. The molecule has 2 rings (SSSR count). The van der Waals surface area contributed by atoms with Gasteiger partial charge in [0.25, 0.3) is 5.56 Å². The molecule has 0 bridgehead atoms. The molecule has 1 aromatic heterocycles. The second kappa shape index (κ2) is 7.64. The minimum atomic E-state index is -0.468. The van der Waals surface area contributed by atoms with E-state index in [2.05, 4.69) is 20.7 Å². The van der Waals surface area contributed by atoms with Gasteiger partial charge >= 0.3 is 0 Å². The van der Waals surface area contributed by atoms with Crippen molar-refractivity contribution < 1.29 is 9.47 Å². The molecule has 0 aliphatic rings. The molecule has 2 aromatic rings. The average molecular weight is 337 g/mol. The monoisotopic (exact) mass is 336 g/mol. The van der Waals surface area contributed by atoms with E-state index in [4.69, 9.17) is 21.1 Å². The minimum absolute atomic E-state index is 0.0164. The first-order valence-corrected chi connectivity index (χ1v) is 7.16. The molecule has 0 aliphatic carbocycles. The third-order valence-corrected chi connectivity index (χ3v) is 3.45.